The van der Waals surface area contributed by atoms with Gasteiger partial charge in [0.1, 0.15) is 5.82 Å². The molecule has 0 atom stereocenters. The molecule has 11 heteroatoms. The highest BCUT2D eigenvalue weighted by atomic mass is 32.2. The summed E-state index contributed by atoms with van der Waals surface area (Å²) in [6, 6.07) is 14.1. The summed E-state index contributed by atoms with van der Waals surface area (Å²) < 4.78 is 38.0. The van der Waals surface area contributed by atoms with E-state index in [0.29, 0.717) is 29.8 Å². The molecule has 0 spiro atoms. The van der Waals surface area contributed by atoms with Crippen LogP contribution in [0.4, 0.5) is 0 Å². The maximum Gasteiger partial charge on any atom is 0.303 e. The second kappa shape index (κ2) is 12.4. The molecule has 10 nitrogen and oxygen atoms in total. The zero-order valence-corrected chi connectivity index (χ0v) is 27.6. The van der Waals surface area contributed by atoms with Gasteiger partial charge in [-0.25, -0.2) is 9.71 Å². The molecule has 1 amide bonds. The second-order valence-electron chi connectivity index (χ2n) is 13.1. The molecule has 0 unspecified atom stereocenters. The Morgan fingerprint density at radius 2 is 1.80 bits per heavy atom. The number of allylic oxidation sites excluding steroid dienone is 1. The van der Waals surface area contributed by atoms with Crippen molar-refractivity contribution >= 4 is 38.7 Å². The number of fused-ring (bicyclic) bond motifs is 5. The number of amides is 1. The molecular formula is C35H42N6O4S. The first kappa shape index (κ1) is 30.8. The number of aryl methyl sites for hydroxylation is 1. The molecule has 2 aromatic carbocycles. The Hall–Kier alpha value is -3.80. The van der Waals surface area contributed by atoms with E-state index in [-0.39, 0.29) is 0 Å². The summed E-state index contributed by atoms with van der Waals surface area (Å²) in [5, 5.41) is 6.03. The molecule has 0 radical (unpaired) electrons. The van der Waals surface area contributed by atoms with Gasteiger partial charge in [-0.15, -0.1) is 0 Å². The van der Waals surface area contributed by atoms with E-state index in [4.69, 9.17) is 14.8 Å². The van der Waals surface area contributed by atoms with E-state index >= 15 is 0 Å². The summed E-state index contributed by atoms with van der Waals surface area (Å²) in [7, 11) is 0.828. The van der Waals surface area contributed by atoms with E-state index in [0.717, 1.165) is 83.1 Å². The van der Waals surface area contributed by atoms with Gasteiger partial charge < -0.3 is 9.30 Å². The minimum atomic E-state index is -3.94. The zero-order valence-electron chi connectivity index (χ0n) is 26.8. The normalized spacial score (nSPS) is 17.9. The summed E-state index contributed by atoms with van der Waals surface area (Å²) in [6.45, 7) is 2.12. The van der Waals surface area contributed by atoms with Crippen LogP contribution in [0, 0.1) is 5.92 Å². The number of hydrogen-bond acceptors (Lipinski definition) is 6. The number of nitrogens with zero attached hydrogens (tertiary/aromatic N) is 5. The molecule has 4 heterocycles. The predicted octanol–water partition coefficient (Wildman–Crippen LogP) is 5.54. The molecule has 7 rings (SSSR count). The lowest BCUT2D eigenvalue weighted by molar-refractivity contribution is 0.0657. The summed E-state index contributed by atoms with van der Waals surface area (Å²) in [6.07, 6.45) is 11.0. The summed E-state index contributed by atoms with van der Waals surface area (Å²) in [5.74, 6) is 1.96. The van der Waals surface area contributed by atoms with Crippen LogP contribution < -0.4 is 4.72 Å². The van der Waals surface area contributed by atoms with Crippen LogP contribution in [0.2, 0.25) is 0 Å². The number of carbonyl (C=O) groups is 1. The fourth-order valence-corrected chi connectivity index (χ4v) is 7.90. The van der Waals surface area contributed by atoms with Crippen molar-refractivity contribution < 1.29 is 17.9 Å². The third-order valence-electron chi connectivity index (χ3n) is 9.91. The van der Waals surface area contributed by atoms with Crippen LogP contribution in [-0.2, 0) is 35.0 Å². The molecule has 2 aromatic heterocycles. The Labute approximate surface area is 270 Å². The second-order valence-corrected chi connectivity index (χ2v) is 15.0. The maximum atomic E-state index is 13.3. The minimum Gasteiger partial charge on any atom is -0.381 e. The van der Waals surface area contributed by atoms with Crippen molar-refractivity contribution in [2.45, 2.75) is 63.8 Å². The van der Waals surface area contributed by atoms with E-state index in [9.17, 15) is 13.2 Å². The van der Waals surface area contributed by atoms with Crippen LogP contribution in [-0.4, -0.2) is 65.3 Å². The molecule has 4 aromatic rings. The third-order valence-corrected chi connectivity index (χ3v) is 11.3. The zero-order chi connectivity index (χ0) is 32.0. The highest BCUT2D eigenvalue weighted by molar-refractivity contribution is 7.87. The number of carbonyl (C=O) groups excluding carboxylic acids is 1. The van der Waals surface area contributed by atoms with Crippen molar-refractivity contribution in [1.82, 2.24) is 28.4 Å². The van der Waals surface area contributed by atoms with Gasteiger partial charge in [-0.2, -0.15) is 17.8 Å². The van der Waals surface area contributed by atoms with E-state index in [2.05, 4.69) is 39.6 Å². The molecule has 2 aliphatic heterocycles. The first-order valence-electron chi connectivity index (χ1n) is 16.4. The molecule has 3 aliphatic rings. The maximum absolute atomic E-state index is 13.3. The fraction of sp³-hybridized carbons (Fsp3) is 0.457. The Bertz CT molecular complexity index is 1930. The standard InChI is InChI=1S/C35H42N6O4S/c1-39(2)46(43,44)38-35(42)26-13-14-29-30(21-26)41-22-27(34-36-31(40(3)37-34)19-23-15-17-45-18-16-23)20-25-11-7-8-12-28(25)33(41)32(29)24-9-5-4-6-10-24/h7-8,11-14,20-21,23-24H,4-6,9-10,15-19,22H2,1-3H3,(H,38,42). The number of nitrogens with one attached hydrogen (secondary N) is 1. The molecule has 0 bridgehead atoms. The number of aromatic nitrogens is 4. The summed E-state index contributed by atoms with van der Waals surface area (Å²) in [4.78, 5) is 18.4. The Morgan fingerprint density at radius 3 is 2.57 bits per heavy atom. The van der Waals surface area contributed by atoms with Crippen LogP contribution >= 0.6 is 0 Å². The lowest BCUT2D eigenvalue weighted by Crippen LogP contribution is -2.39. The quantitative estimate of drug-likeness (QED) is 0.283. The smallest absolute Gasteiger partial charge is 0.303 e. The summed E-state index contributed by atoms with van der Waals surface area (Å²) >= 11 is 0. The first-order chi connectivity index (χ1) is 22.2. The molecule has 242 valence electrons. The highest BCUT2D eigenvalue weighted by Crippen LogP contribution is 2.47. The first-order valence-corrected chi connectivity index (χ1v) is 17.8. The number of rotatable bonds is 7. The van der Waals surface area contributed by atoms with Crippen LogP contribution in [0.1, 0.15) is 84.0 Å². The Balaban J connectivity index is 1.37. The lowest BCUT2D eigenvalue weighted by Gasteiger charge is -2.24. The Kier molecular flexibility index (Phi) is 8.33. The van der Waals surface area contributed by atoms with Crippen molar-refractivity contribution in [3.63, 3.8) is 0 Å². The van der Waals surface area contributed by atoms with Crippen molar-refractivity contribution in [1.29, 1.82) is 0 Å². The van der Waals surface area contributed by atoms with Gasteiger partial charge in [-0.05, 0) is 66.9 Å². The van der Waals surface area contributed by atoms with Gasteiger partial charge in [0.25, 0.3) is 5.91 Å². The molecule has 1 N–H and O–H groups in total. The molecule has 1 aliphatic carbocycles. The molecule has 1 saturated heterocycles. The van der Waals surface area contributed by atoms with Gasteiger partial charge in [0, 0.05) is 68.4 Å². The van der Waals surface area contributed by atoms with Crippen molar-refractivity contribution in [2.24, 2.45) is 13.0 Å². The molecular weight excluding hydrogens is 600 g/mol. The number of hydrogen-bond donors (Lipinski definition) is 1. The lowest BCUT2D eigenvalue weighted by atomic mass is 9.81. The van der Waals surface area contributed by atoms with Gasteiger partial charge in [-0.3, -0.25) is 9.48 Å². The van der Waals surface area contributed by atoms with E-state index < -0.39 is 16.1 Å². The summed E-state index contributed by atoms with van der Waals surface area (Å²) in [5.41, 5.74) is 6.95. The van der Waals surface area contributed by atoms with Gasteiger partial charge >= 0.3 is 10.2 Å². The van der Waals surface area contributed by atoms with Crippen LogP contribution in [0.15, 0.2) is 42.5 Å². The van der Waals surface area contributed by atoms with E-state index in [1.165, 1.54) is 44.6 Å². The monoisotopic (exact) mass is 642 g/mol. The van der Waals surface area contributed by atoms with Crippen LogP contribution in [0.3, 0.4) is 0 Å². The van der Waals surface area contributed by atoms with Crippen molar-refractivity contribution in [3.05, 3.63) is 70.8 Å². The van der Waals surface area contributed by atoms with Gasteiger partial charge in [0.15, 0.2) is 5.82 Å². The van der Waals surface area contributed by atoms with Crippen LogP contribution in [0.5, 0.6) is 0 Å². The highest BCUT2D eigenvalue weighted by Gasteiger charge is 2.31. The SMILES string of the molecule is CN(C)S(=O)(=O)NC(=O)c1ccc2c(C3CCCCC3)c3n(c2c1)CC(c1nc(CC2CCOCC2)n(C)n1)=Cc1ccccc1-3. The van der Waals surface area contributed by atoms with Crippen LogP contribution in [0.25, 0.3) is 33.8 Å². The Morgan fingerprint density at radius 1 is 1.04 bits per heavy atom. The minimum absolute atomic E-state index is 0.297. The van der Waals surface area contributed by atoms with Gasteiger partial charge in [0.05, 0.1) is 12.2 Å². The molecule has 46 heavy (non-hydrogen) atoms. The van der Waals surface area contributed by atoms with Gasteiger partial charge in [0.2, 0.25) is 0 Å². The fourth-order valence-electron chi connectivity index (χ4n) is 7.36. The van der Waals surface area contributed by atoms with Crippen molar-refractivity contribution in [3.8, 4) is 11.3 Å². The molecule has 1 saturated carbocycles. The third kappa shape index (κ3) is 5.80. The predicted molar refractivity (Wildman–Crippen MR) is 179 cm³/mol. The van der Waals surface area contributed by atoms with Gasteiger partial charge in [-0.1, -0.05) is 49.6 Å². The largest absolute Gasteiger partial charge is 0.381 e. The molecule has 2 fully saturated rings. The number of benzene rings is 2. The topological polar surface area (TPSA) is 111 Å². The van der Waals surface area contributed by atoms with E-state index in [1.807, 2.05) is 23.9 Å². The average Bonchev–Trinajstić information content (AvgIpc) is 3.51. The average molecular weight is 643 g/mol. The van der Waals surface area contributed by atoms with Crippen molar-refractivity contribution in [2.75, 3.05) is 27.3 Å². The number of ether oxygens (including phenoxy) is 1. The van der Waals surface area contributed by atoms with E-state index in [1.54, 1.807) is 6.07 Å².